The van der Waals surface area contributed by atoms with Crippen LogP contribution in [0.1, 0.15) is 19.7 Å². The first-order chi connectivity index (χ1) is 19.0. The number of hydrogen-bond acceptors (Lipinski definition) is 7. The molecule has 3 heterocycles. The smallest absolute Gasteiger partial charge is 0.263 e. The van der Waals surface area contributed by atoms with Crippen molar-refractivity contribution >= 4 is 45.4 Å². The van der Waals surface area contributed by atoms with Gasteiger partial charge in [-0.3, -0.25) is 4.79 Å². The topological polar surface area (TPSA) is 75.4 Å². The van der Waals surface area contributed by atoms with Gasteiger partial charge in [0.1, 0.15) is 22.7 Å². The molecule has 1 aliphatic heterocycles. The van der Waals surface area contributed by atoms with E-state index in [0.29, 0.717) is 43.6 Å². The highest BCUT2D eigenvalue weighted by molar-refractivity contribution is 8.00. The number of carbonyl (C=O) groups is 1. The maximum atomic E-state index is 12.9. The Bertz CT molecular complexity index is 1610. The maximum absolute atomic E-state index is 12.9. The van der Waals surface area contributed by atoms with E-state index in [-0.39, 0.29) is 5.91 Å². The highest BCUT2D eigenvalue weighted by Gasteiger charge is 2.27. The summed E-state index contributed by atoms with van der Waals surface area (Å²) in [6, 6.07) is 24.7. The Morgan fingerprint density at radius 2 is 1.67 bits per heavy atom. The molecule has 198 valence electrons. The van der Waals surface area contributed by atoms with E-state index in [1.54, 1.807) is 11.8 Å². The fraction of sp³-hybridized carbons (Fsp3) is 0.290. The summed E-state index contributed by atoms with van der Waals surface area (Å²) in [7, 11) is 0. The van der Waals surface area contributed by atoms with Crippen LogP contribution in [0.15, 0.2) is 82.2 Å². The van der Waals surface area contributed by atoms with Gasteiger partial charge in [-0.1, -0.05) is 73.6 Å². The molecule has 7 nitrogen and oxygen atoms in total. The lowest BCUT2D eigenvalue weighted by Gasteiger charge is -2.35. The summed E-state index contributed by atoms with van der Waals surface area (Å²) >= 11 is 1.58. The van der Waals surface area contributed by atoms with Crippen molar-refractivity contribution in [2.45, 2.75) is 25.2 Å². The van der Waals surface area contributed by atoms with Gasteiger partial charge in [0.05, 0.1) is 5.75 Å². The quantitative estimate of drug-likeness (QED) is 0.233. The molecule has 39 heavy (non-hydrogen) atoms. The van der Waals surface area contributed by atoms with Gasteiger partial charge in [-0.25, -0.2) is 4.98 Å². The van der Waals surface area contributed by atoms with E-state index in [9.17, 15) is 4.79 Å². The molecule has 0 aliphatic carbocycles. The largest absolute Gasteiger partial charge is 0.352 e. The fourth-order valence-corrected chi connectivity index (χ4v) is 5.84. The molecular formula is C31H31N5O2S. The second-order valence-electron chi connectivity index (χ2n) is 10.3. The van der Waals surface area contributed by atoms with Crippen molar-refractivity contribution in [2.24, 2.45) is 5.92 Å². The fourth-order valence-electron chi connectivity index (χ4n) is 5.02. The summed E-state index contributed by atoms with van der Waals surface area (Å²) in [5.74, 6) is 2.61. The van der Waals surface area contributed by atoms with Gasteiger partial charge < -0.3 is 14.3 Å². The van der Waals surface area contributed by atoms with Gasteiger partial charge in [-0.2, -0.15) is 4.98 Å². The predicted molar refractivity (Wildman–Crippen MR) is 157 cm³/mol. The number of aromatic nitrogens is 3. The van der Waals surface area contributed by atoms with Crippen LogP contribution in [0.2, 0.25) is 0 Å². The lowest BCUT2D eigenvalue weighted by atomic mass is 10.0. The molecule has 6 rings (SSSR count). The molecule has 0 radical (unpaired) electrons. The number of amides is 1. The molecule has 5 aromatic rings. The van der Waals surface area contributed by atoms with Crippen LogP contribution in [-0.4, -0.2) is 57.9 Å². The van der Waals surface area contributed by atoms with Gasteiger partial charge in [0.25, 0.3) is 5.71 Å². The molecule has 3 aromatic carbocycles. The number of fused-ring (bicyclic) bond motifs is 2. The van der Waals surface area contributed by atoms with Crippen LogP contribution in [-0.2, 0) is 11.2 Å². The minimum Gasteiger partial charge on any atom is -0.352 e. The van der Waals surface area contributed by atoms with Crippen molar-refractivity contribution < 1.29 is 9.32 Å². The third kappa shape index (κ3) is 5.47. The summed E-state index contributed by atoms with van der Waals surface area (Å²) in [5.41, 5.74) is 2.23. The van der Waals surface area contributed by atoms with Crippen LogP contribution >= 0.6 is 11.8 Å². The number of thioether (sulfide) groups is 1. The maximum Gasteiger partial charge on any atom is 0.263 e. The first-order valence-electron chi connectivity index (χ1n) is 13.4. The number of piperazine rings is 1. The first kappa shape index (κ1) is 25.4. The molecule has 2 aromatic heterocycles. The average Bonchev–Trinajstić information content (AvgIpc) is 3.39. The Labute approximate surface area is 232 Å². The number of hydrogen-bond donors (Lipinski definition) is 0. The van der Waals surface area contributed by atoms with Crippen molar-refractivity contribution in [2.75, 3.05) is 36.8 Å². The van der Waals surface area contributed by atoms with Crippen molar-refractivity contribution in [3.05, 3.63) is 78.6 Å². The van der Waals surface area contributed by atoms with Crippen LogP contribution in [0.3, 0.4) is 0 Å². The minimum atomic E-state index is 0.165. The van der Waals surface area contributed by atoms with E-state index in [1.807, 2.05) is 47.4 Å². The number of benzene rings is 3. The minimum absolute atomic E-state index is 0.165. The molecule has 0 unspecified atom stereocenters. The summed E-state index contributed by atoms with van der Waals surface area (Å²) < 4.78 is 5.81. The number of anilines is 1. The van der Waals surface area contributed by atoms with Gasteiger partial charge in [0.15, 0.2) is 0 Å². The SMILES string of the molecule is CC(C)Cc1nc(N2CCN(C(=O)CSc3ccccc3)CC2)c2c(-c3ccc4ccccc4c3)noc2n1. The normalized spacial score (nSPS) is 14.0. The van der Waals surface area contributed by atoms with Crippen molar-refractivity contribution in [3.8, 4) is 11.3 Å². The van der Waals surface area contributed by atoms with E-state index in [2.05, 4.69) is 54.2 Å². The first-order valence-corrected chi connectivity index (χ1v) is 14.4. The zero-order chi connectivity index (χ0) is 26.8. The van der Waals surface area contributed by atoms with Crippen molar-refractivity contribution in [3.63, 3.8) is 0 Å². The second-order valence-corrected chi connectivity index (χ2v) is 11.4. The molecule has 1 amide bonds. The van der Waals surface area contributed by atoms with E-state index in [4.69, 9.17) is 14.5 Å². The zero-order valence-electron chi connectivity index (χ0n) is 22.2. The van der Waals surface area contributed by atoms with Gasteiger partial charge in [-0.05, 0) is 34.9 Å². The average molecular weight is 538 g/mol. The lowest BCUT2D eigenvalue weighted by Crippen LogP contribution is -2.49. The molecule has 8 heteroatoms. The molecule has 0 bridgehead atoms. The van der Waals surface area contributed by atoms with Crippen LogP contribution in [0.5, 0.6) is 0 Å². The van der Waals surface area contributed by atoms with Gasteiger partial charge in [-0.15, -0.1) is 11.8 Å². The van der Waals surface area contributed by atoms with E-state index in [1.165, 1.54) is 5.39 Å². The Balaban J connectivity index is 1.28. The molecule has 0 saturated carbocycles. The molecule has 1 fully saturated rings. The van der Waals surface area contributed by atoms with Crippen LogP contribution in [0.4, 0.5) is 5.82 Å². The highest BCUT2D eigenvalue weighted by Crippen LogP contribution is 2.35. The Kier molecular flexibility index (Phi) is 7.20. The third-order valence-corrected chi connectivity index (χ3v) is 8.01. The summed E-state index contributed by atoms with van der Waals surface area (Å²) in [6.45, 7) is 7.00. The summed E-state index contributed by atoms with van der Waals surface area (Å²) in [5, 5.41) is 7.62. The van der Waals surface area contributed by atoms with Gasteiger partial charge >= 0.3 is 0 Å². The van der Waals surface area contributed by atoms with E-state index < -0.39 is 0 Å². The Hall–Kier alpha value is -3.91. The Morgan fingerprint density at radius 1 is 0.923 bits per heavy atom. The molecular weight excluding hydrogens is 506 g/mol. The third-order valence-electron chi connectivity index (χ3n) is 7.01. The monoisotopic (exact) mass is 537 g/mol. The van der Waals surface area contributed by atoms with Crippen LogP contribution in [0, 0.1) is 5.92 Å². The predicted octanol–water partition coefficient (Wildman–Crippen LogP) is 6.08. The van der Waals surface area contributed by atoms with Crippen molar-refractivity contribution in [1.82, 2.24) is 20.0 Å². The lowest BCUT2D eigenvalue weighted by molar-refractivity contribution is -0.128. The Morgan fingerprint density at radius 3 is 2.44 bits per heavy atom. The number of carbonyl (C=O) groups excluding carboxylic acids is 1. The standard InChI is InChI=1S/C31H31N5O2S/c1-21(2)18-26-32-30(36-16-14-35(15-17-36)27(37)20-39-25-10-4-3-5-11-25)28-29(34-38-31(28)33-26)24-13-12-22-8-6-7-9-23(22)19-24/h3-13,19,21H,14-18,20H2,1-2H3. The second kappa shape index (κ2) is 11.1. The van der Waals surface area contributed by atoms with Crippen LogP contribution in [0.25, 0.3) is 33.1 Å². The summed E-state index contributed by atoms with van der Waals surface area (Å²) in [4.78, 5) is 28.0. The number of rotatable bonds is 7. The molecule has 1 saturated heterocycles. The van der Waals surface area contributed by atoms with E-state index >= 15 is 0 Å². The molecule has 0 N–H and O–H groups in total. The van der Waals surface area contributed by atoms with Gasteiger partial charge in [0, 0.05) is 43.1 Å². The highest BCUT2D eigenvalue weighted by atomic mass is 32.2. The molecule has 0 atom stereocenters. The summed E-state index contributed by atoms with van der Waals surface area (Å²) in [6.07, 6.45) is 0.754. The molecule has 1 aliphatic rings. The van der Waals surface area contributed by atoms with Gasteiger partial charge in [0.2, 0.25) is 5.91 Å². The van der Waals surface area contributed by atoms with Crippen molar-refractivity contribution in [1.29, 1.82) is 0 Å². The number of nitrogens with zero attached hydrogens (tertiary/aromatic N) is 5. The molecule has 0 spiro atoms. The van der Waals surface area contributed by atoms with Crippen LogP contribution < -0.4 is 4.90 Å². The van der Waals surface area contributed by atoms with E-state index in [0.717, 1.165) is 45.0 Å². The zero-order valence-corrected chi connectivity index (χ0v) is 23.0.